The van der Waals surface area contributed by atoms with Gasteiger partial charge in [-0.2, -0.15) is 67.3 Å². The fraction of sp³-hybridized carbons (Fsp3) is 0.525. The minimum absolute atomic E-state index is 0. The average molecular weight is 794 g/mol. The molecule has 3 nitrogen and oxygen atoms in total. The monoisotopic (exact) mass is 794 g/mol. The van der Waals surface area contributed by atoms with Crippen molar-refractivity contribution in [2.24, 2.45) is 35.5 Å². The Hall–Kier alpha value is -1.86. The van der Waals surface area contributed by atoms with Crippen LogP contribution in [0.25, 0.3) is 0 Å². The minimum Gasteiger partial charge on any atom is -0.504 e. The molecule has 1 aliphatic heterocycles. The molecule has 0 radical (unpaired) electrons. The summed E-state index contributed by atoms with van der Waals surface area (Å²) in [6.45, 7) is 2.08. The molecule has 45 heavy (non-hydrogen) atoms. The fourth-order valence-corrected chi connectivity index (χ4v) is 18.2. The van der Waals surface area contributed by atoms with Crippen molar-refractivity contribution in [1.29, 1.82) is 0 Å². The Balaban J connectivity index is 0.000000151. The zero-order valence-electron chi connectivity index (χ0n) is 26.5. The Morgan fingerprint density at radius 2 is 1.09 bits per heavy atom. The standard InChI is InChI=1S/C26H34OP.C14H12N2.Ir/c27-28(24-4-2-1-3-5-24,25-12-18-6-19(13-25)8-20(7-18)14-25)26-15-21-9-22(16-26)11-23(10-21)17-26;1-15-11-16(12-7-3-2-4-8-12)14-10-6-5-9-13(14)15;/h1-4,18-23H,6-17H2;2-7,9-11H,1H3;/q-1;-2;+3. The van der Waals surface area contributed by atoms with Gasteiger partial charge < -0.3 is 14.4 Å². The van der Waals surface area contributed by atoms with E-state index in [1.165, 1.54) is 93.7 Å². The topological polar surface area (TPSA) is 23.6 Å². The van der Waals surface area contributed by atoms with Gasteiger partial charge in [0.15, 0.2) is 0 Å². The van der Waals surface area contributed by atoms with Gasteiger partial charge in [-0.1, -0.05) is 12.1 Å². The van der Waals surface area contributed by atoms with E-state index in [9.17, 15) is 0 Å². The van der Waals surface area contributed by atoms with E-state index in [4.69, 9.17) is 0 Å². The fourth-order valence-electron chi connectivity index (χ4n) is 12.5. The number of hydrogen-bond acceptors (Lipinski definition) is 3. The summed E-state index contributed by atoms with van der Waals surface area (Å²) in [5, 5.41) is 1.43. The first-order chi connectivity index (χ1) is 21.4. The van der Waals surface area contributed by atoms with Crippen molar-refractivity contribution in [3.05, 3.63) is 91.6 Å². The molecule has 12 rings (SSSR count). The Morgan fingerprint density at radius 3 is 1.53 bits per heavy atom. The Bertz CT molecular complexity index is 1450. The second kappa shape index (κ2) is 11.4. The van der Waals surface area contributed by atoms with Crippen LogP contribution >= 0.6 is 7.14 Å². The molecular formula is C40H46IrN2OP. The molecule has 0 amide bonds. The summed E-state index contributed by atoms with van der Waals surface area (Å²) in [4.78, 5) is 4.27. The summed E-state index contributed by atoms with van der Waals surface area (Å²) >= 11 is 0. The summed E-state index contributed by atoms with van der Waals surface area (Å²) < 4.78 is 15.9. The molecule has 0 unspecified atom stereocenters. The number of fused-ring (bicyclic) bond motifs is 1. The van der Waals surface area contributed by atoms with Gasteiger partial charge in [-0.15, -0.1) is 11.0 Å². The quantitative estimate of drug-likeness (QED) is 0.194. The molecule has 0 atom stereocenters. The molecule has 0 N–H and O–H groups in total. The Labute approximate surface area is 284 Å². The molecule has 0 spiro atoms. The van der Waals surface area contributed by atoms with Crippen LogP contribution in [0.1, 0.15) is 77.0 Å². The van der Waals surface area contributed by atoms with Crippen LogP contribution in [0.4, 0.5) is 17.1 Å². The van der Waals surface area contributed by atoms with Gasteiger partial charge in [0, 0.05) is 21.7 Å². The molecule has 8 aliphatic carbocycles. The maximum Gasteiger partial charge on any atom is 3.00 e. The van der Waals surface area contributed by atoms with Crippen molar-refractivity contribution < 1.29 is 24.7 Å². The van der Waals surface area contributed by atoms with E-state index in [2.05, 4.69) is 90.2 Å². The molecule has 8 bridgehead atoms. The van der Waals surface area contributed by atoms with E-state index in [0.29, 0.717) is 0 Å². The third-order valence-corrected chi connectivity index (χ3v) is 17.9. The van der Waals surface area contributed by atoms with Crippen molar-refractivity contribution in [2.75, 3.05) is 16.8 Å². The predicted octanol–water partition coefficient (Wildman–Crippen LogP) is 9.60. The maximum atomic E-state index is 15.9. The third kappa shape index (κ3) is 4.78. The summed E-state index contributed by atoms with van der Waals surface area (Å²) in [5.41, 5.74) is 3.49. The summed E-state index contributed by atoms with van der Waals surface area (Å²) in [5.74, 6) is 5.23. The van der Waals surface area contributed by atoms with Gasteiger partial charge >= 0.3 is 20.1 Å². The molecule has 8 saturated carbocycles. The molecule has 5 heteroatoms. The largest absolute Gasteiger partial charge is 3.00 e. The van der Waals surface area contributed by atoms with E-state index < -0.39 is 7.14 Å². The maximum absolute atomic E-state index is 15.9. The van der Waals surface area contributed by atoms with Gasteiger partial charge in [-0.05, 0) is 132 Å². The SMILES string of the molecule is CN1[CH-]N(c2[c-]cccc2)c2ccccc21.O=P(c1[c-]cccc1)(C12CC3CC(CC(C3)C1)C2)C12CC3CC(CC(C3)C1)C2.[Ir+3]. The predicted molar refractivity (Wildman–Crippen MR) is 181 cm³/mol. The number of hydrogen-bond donors (Lipinski definition) is 0. The number of nitrogens with zero attached hydrogens (tertiary/aromatic N) is 2. The van der Waals surface area contributed by atoms with Crippen molar-refractivity contribution in [2.45, 2.75) is 87.4 Å². The van der Waals surface area contributed by atoms with Gasteiger partial charge in [-0.25, -0.2) is 0 Å². The van der Waals surface area contributed by atoms with Gasteiger partial charge in [0.25, 0.3) is 0 Å². The smallest absolute Gasteiger partial charge is 0.504 e. The second-order valence-corrected chi connectivity index (χ2v) is 19.6. The minimum atomic E-state index is -2.53. The van der Waals surface area contributed by atoms with Gasteiger partial charge in [0.1, 0.15) is 7.14 Å². The van der Waals surface area contributed by atoms with Crippen molar-refractivity contribution in [1.82, 2.24) is 0 Å². The van der Waals surface area contributed by atoms with Crippen LogP contribution in [-0.4, -0.2) is 17.4 Å². The molecule has 236 valence electrons. The van der Waals surface area contributed by atoms with Crippen LogP contribution in [0.2, 0.25) is 0 Å². The molecule has 3 aromatic rings. The Kier molecular flexibility index (Phi) is 7.71. The van der Waals surface area contributed by atoms with Crippen molar-refractivity contribution >= 4 is 29.5 Å². The van der Waals surface area contributed by atoms with Crippen LogP contribution in [0, 0.1) is 54.3 Å². The first kappa shape index (κ1) is 30.5. The van der Waals surface area contributed by atoms with Crippen LogP contribution in [0.15, 0.2) is 72.8 Å². The number of anilines is 3. The number of rotatable bonds is 4. The normalized spacial score (nSPS) is 37.8. The number of benzene rings is 3. The van der Waals surface area contributed by atoms with Gasteiger partial charge in [0.05, 0.1) is 0 Å². The molecule has 0 saturated heterocycles. The molecule has 8 fully saturated rings. The van der Waals surface area contributed by atoms with Gasteiger partial charge in [-0.3, -0.25) is 0 Å². The van der Waals surface area contributed by atoms with E-state index >= 15 is 4.57 Å². The first-order valence-corrected chi connectivity index (χ1v) is 19.1. The van der Waals surface area contributed by atoms with E-state index in [0.717, 1.165) is 41.2 Å². The van der Waals surface area contributed by atoms with Crippen molar-refractivity contribution in [3.63, 3.8) is 0 Å². The van der Waals surface area contributed by atoms with Crippen LogP contribution in [-0.2, 0) is 24.7 Å². The summed E-state index contributed by atoms with van der Waals surface area (Å²) in [7, 11) is -0.469. The van der Waals surface area contributed by atoms with Crippen LogP contribution < -0.4 is 15.1 Å². The first-order valence-electron chi connectivity index (χ1n) is 17.4. The van der Waals surface area contributed by atoms with Crippen LogP contribution in [0.5, 0.6) is 0 Å². The zero-order chi connectivity index (χ0) is 29.5. The van der Waals surface area contributed by atoms with E-state index in [1.807, 2.05) is 18.2 Å². The molecular weight excluding hydrogens is 748 g/mol. The summed E-state index contributed by atoms with van der Waals surface area (Å²) in [6, 6.07) is 31.7. The second-order valence-electron chi connectivity index (χ2n) is 16.0. The number of para-hydroxylation sites is 3. The van der Waals surface area contributed by atoms with E-state index in [1.54, 1.807) is 0 Å². The van der Waals surface area contributed by atoms with Gasteiger partial charge in [0.2, 0.25) is 0 Å². The zero-order valence-corrected chi connectivity index (χ0v) is 29.8. The average Bonchev–Trinajstić information content (AvgIpc) is 3.37. The van der Waals surface area contributed by atoms with E-state index in [-0.39, 0.29) is 30.4 Å². The molecule has 1 heterocycles. The Morgan fingerprint density at radius 1 is 0.644 bits per heavy atom. The van der Waals surface area contributed by atoms with Crippen LogP contribution in [0.3, 0.4) is 0 Å². The molecule has 0 aromatic heterocycles. The molecule has 9 aliphatic rings. The van der Waals surface area contributed by atoms with Crippen molar-refractivity contribution in [3.8, 4) is 0 Å². The summed E-state index contributed by atoms with van der Waals surface area (Å²) in [6.07, 6.45) is 16.3. The molecule has 3 aromatic carbocycles. The third-order valence-electron chi connectivity index (χ3n) is 13.1.